The van der Waals surface area contributed by atoms with E-state index in [9.17, 15) is 22.0 Å². The Morgan fingerprint density at radius 1 is 1.07 bits per heavy atom. The number of carbonyl (C=O) groups excluding carboxylic acids is 1. The first-order valence-corrected chi connectivity index (χ1v) is 10.5. The van der Waals surface area contributed by atoms with Crippen molar-refractivity contribution in [3.63, 3.8) is 0 Å². The minimum Gasteiger partial charge on any atom is -0.461 e. The highest BCUT2D eigenvalue weighted by Gasteiger charge is 2.33. The summed E-state index contributed by atoms with van der Waals surface area (Å²) in [6.07, 6.45) is 0.588. The second kappa shape index (κ2) is 8.55. The summed E-state index contributed by atoms with van der Waals surface area (Å²) < 4.78 is 58.0. The molecule has 0 radical (unpaired) electrons. The largest absolute Gasteiger partial charge is 0.461 e. The van der Waals surface area contributed by atoms with Crippen LogP contribution in [0.25, 0.3) is 0 Å². The van der Waals surface area contributed by atoms with Gasteiger partial charge in [0.25, 0.3) is 0 Å². The van der Waals surface area contributed by atoms with Crippen molar-refractivity contribution in [2.24, 2.45) is 5.92 Å². The molecule has 3 rings (SSSR count). The van der Waals surface area contributed by atoms with E-state index in [-0.39, 0.29) is 30.6 Å². The maximum Gasteiger partial charge on any atom is 0.309 e. The van der Waals surface area contributed by atoms with Crippen LogP contribution in [-0.4, -0.2) is 31.8 Å². The van der Waals surface area contributed by atoms with Gasteiger partial charge in [0.1, 0.15) is 6.61 Å². The Labute approximate surface area is 166 Å². The lowest BCUT2D eigenvalue weighted by Crippen LogP contribution is -2.40. The van der Waals surface area contributed by atoms with Crippen molar-refractivity contribution in [2.75, 3.05) is 13.1 Å². The van der Waals surface area contributed by atoms with Gasteiger partial charge in [-0.3, -0.25) is 4.79 Å². The number of carbonyl (C=O) groups is 1. The molecule has 1 aliphatic heterocycles. The number of hydrogen-bond donors (Lipinski definition) is 0. The smallest absolute Gasteiger partial charge is 0.309 e. The van der Waals surface area contributed by atoms with Crippen LogP contribution in [0.1, 0.15) is 18.4 Å². The molecule has 0 amide bonds. The van der Waals surface area contributed by atoms with Gasteiger partial charge in [-0.25, -0.2) is 17.2 Å². The van der Waals surface area contributed by atoms with Crippen LogP contribution in [0.3, 0.4) is 0 Å². The summed E-state index contributed by atoms with van der Waals surface area (Å²) >= 11 is 5.81. The first kappa shape index (κ1) is 20.7. The Bertz CT molecular complexity index is 958. The van der Waals surface area contributed by atoms with Crippen molar-refractivity contribution in [3.8, 4) is 0 Å². The zero-order valence-electron chi connectivity index (χ0n) is 14.8. The van der Waals surface area contributed by atoms with Crippen molar-refractivity contribution in [1.82, 2.24) is 4.31 Å². The minimum absolute atomic E-state index is 0.0992. The molecule has 0 aliphatic carbocycles. The van der Waals surface area contributed by atoms with Gasteiger partial charge in [0.15, 0.2) is 11.6 Å². The molecule has 0 unspecified atom stereocenters. The maximum atomic E-state index is 13.4. The molecule has 0 atom stereocenters. The monoisotopic (exact) mass is 429 g/mol. The standard InChI is InChI=1S/C19H18ClF2NO4S/c20-15-3-1-13(2-4-15)12-27-19(24)14-7-9-23(10-8-14)28(25,26)16-5-6-17(21)18(22)11-16/h1-6,11,14H,7-10,12H2. The van der Waals surface area contributed by atoms with Crippen molar-refractivity contribution in [2.45, 2.75) is 24.3 Å². The molecule has 28 heavy (non-hydrogen) atoms. The lowest BCUT2D eigenvalue weighted by atomic mass is 9.98. The summed E-state index contributed by atoms with van der Waals surface area (Å²) in [5.74, 6) is -3.13. The van der Waals surface area contributed by atoms with Gasteiger partial charge in [-0.1, -0.05) is 23.7 Å². The number of benzene rings is 2. The highest BCUT2D eigenvalue weighted by Crippen LogP contribution is 2.26. The number of sulfonamides is 1. The predicted octanol–water partition coefficient (Wildman–Crippen LogP) is 3.76. The van der Waals surface area contributed by atoms with Gasteiger partial charge < -0.3 is 4.74 Å². The molecular weight excluding hydrogens is 412 g/mol. The van der Waals surface area contributed by atoms with Gasteiger partial charge in [0, 0.05) is 18.1 Å². The zero-order chi connectivity index (χ0) is 20.3. The van der Waals surface area contributed by atoms with Crippen molar-refractivity contribution >= 4 is 27.6 Å². The molecule has 0 N–H and O–H groups in total. The molecule has 0 aromatic heterocycles. The zero-order valence-corrected chi connectivity index (χ0v) is 16.3. The van der Waals surface area contributed by atoms with E-state index in [1.807, 2.05) is 0 Å². The van der Waals surface area contributed by atoms with Gasteiger partial charge in [0.05, 0.1) is 10.8 Å². The quantitative estimate of drug-likeness (QED) is 0.679. The topological polar surface area (TPSA) is 63.7 Å². The van der Waals surface area contributed by atoms with E-state index in [1.54, 1.807) is 24.3 Å². The van der Waals surface area contributed by atoms with Crippen molar-refractivity contribution < 1.29 is 26.7 Å². The Hall–Kier alpha value is -2.03. The van der Waals surface area contributed by atoms with E-state index >= 15 is 0 Å². The summed E-state index contributed by atoms with van der Waals surface area (Å²) in [6, 6.07) is 9.39. The first-order chi connectivity index (χ1) is 13.3. The second-order valence-electron chi connectivity index (χ2n) is 6.49. The molecule has 1 fully saturated rings. The SMILES string of the molecule is O=C(OCc1ccc(Cl)cc1)C1CCN(S(=O)(=O)c2ccc(F)c(F)c2)CC1. The molecule has 1 aliphatic rings. The first-order valence-electron chi connectivity index (χ1n) is 8.63. The van der Waals surface area contributed by atoms with Gasteiger partial charge in [-0.05, 0) is 48.7 Å². The average Bonchev–Trinajstić information content (AvgIpc) is 2.69. The summed E-state index contributed by atoms with van der Waals surface area (Å²) in [4.78, 5) is 11.9. The fraction of sp³-hybridized carbons (Fsp3) is 0.316. The summed E-state index contributed by atoms with van der Waals surface area (Å²) in [7, 11) is -3.95. The maximum absolute atomic E-state index is 13.4. The number of esters is 1. The van der Waals surface area contributed by atoms with Crippen LogP contribution in [0.4, 0.5) is 8.78 Å². The minimum atomic E-state index is -3.95. The Kier molecular flexibility index (Phi) is 6.32. The fourth-order valence-corrected chi connectivity index (χ4v) is 4.58. The van der Waals surface area contributed by atoms with E-state index in [1.165, 1.54) is 4.31 Å². The average molecular weight is 430 g/mol. The van der Waals surface area contributed by atoms with Crippen molar-refractivity contribution in [1.29, 1.82) is 0 Å². The number of halogens is 3. The fourth-order valence-electron chi connectivity index (χ4n) is 2.97. The van der Waals surface area contributed by atoms with E-state index in [0.717, 1.165) is 17.7 Å². The van der Waals surface area contributed by atoms with Crippen LogP contribution >= 0.6 is 11.6 Å². The van der Waals surface area contributed by atoms with E-state index in [4.69, 9.17) is 16.3 Å². The summed E-state index contributed by atoms with van der Waals surface area (Å²) in [6.45, 7) is 0.313. The van der Waals surface area contributed by atoms with E-state index in [2.05, 4.69) is 0 Å². The number of piperidine rings is 1. The predicted molar refractivity (Wildman–Crippen MR) is 99.1 cm³/mol. The molecule has 2 aromatic carbocycles. The van der Waals surface area contributed by atoms with E-state index in [0.29, 0.717) is 23.9 Å². The van der Waals surface area contributed by atoms with Crippen LogP contribution in [0.5, 0.6) is 0 Å². The summed E-state index contributed by atoms with van der Waals surface area (Å²) in [5.41, 5.74) is 0.802. The Morgan fingerprint density at radius 2 is 1.71 bits per heavy atom. The van der Waals surface area contributed by atoms with Gasteiger partial charge in [-0.15, -0.1) is 0 Å². The molecule has 1 heterocycles. The van der Waals surface area contributed by atoms with Crippen LogP contribution in [0, 0.1) is 17.6 Å². The van der Waals surface area contributed by atoms with Gasteiger partial charge in [0.2, 0.25) is 10.0 Å². The highest BCUT2D eigenvalue weighted by molar-refractivity contribution is 7.89. The van der Waals surface area contributed by atoms with Crippen LogP contribution < -0.4 is 0 Å². The lowest BCUT2D eigenvalue weighted by molar-refractivity contribution is -0.151. The van der Waals surface area contributed by atoms with Gasteiger partial charge >= 0.3 is 5.97 Å². The molecule has 150 valence electrons. The third-order valence-corrected chi connectivity index (χ3v) is 6.76. The third kappa shape index (κ3) is 4.68. The number of rotatable bonds is 5. The summed E-state index contributed by atoms with van der Waals surface area (Å²) in [5, 5.41) is 0.588. The number of hydrogen-bond acceptors (Lipinski definition) is 4. The molecule has 0 spiro atoms. The molecular formula is C19H18ClF2NO4S. The Balaban J connectivity index is 1.56. The molecule has 2 aromatic rings. The number of nitrogens with zero attached hydrogens (tertiary/aromatic N) is 1. The van der Waals surface area contributed by atoms with Crippen LogP contribution in [0.15, 0.2) is 47.4 Å². The Morgan fingerprint density at radius 3 is 2.32 bits per heavy atom. The van der Waals surface area contributed by atoms with Crippen molar-refractivity contribution in [3.05, 3.63) is 64.7 Å². The normalized spacial score (nSPS) is 16.1. The molecule has 1 saturated heterocycles. The third-order valence-electron chi connectivity index (χ3n) is 4.61. The van der Waals surface area contributed by atoms with Crippen LogP contribution in [0.2, 0.25) is 5.02 Å². The molecule has 0 saturated carbocycles. The van der Waals surface area contributed by atoms with Crippen LogP contribution in [-0.2, 0) is 26.2 Å². The highest BCUT2D eigenvalue weighted by atomic mass is 35.5. The second-order valence-corrected chi connectivity index (χ2v) is 8.86. The molecule has 5 nitrogen and oxygen atoms in total. The number of ether oxygens (including phenoxy) is 1. The lowest BCUT2D eigenvalue weighted by Gasteiger charge is -2.30. The van der Waals surface area contributed by atoms with E-state index < -0.39 is 27.6 Å². The van der Waals surface area contributed by atoms with Gasteiger partial charge in [-0.2, -0.15) is 4.31 Å². The molecule has 9 heteroatoms. The molecule has 0 bridgehead atoms.